The zero-order valence-corrected chi connectivity index (χ0v) is 20.0. The smallest absolute Gasteiger partial charge is 0.408 e. The van der Waals surface area contributed by atoms with Crippen LogP contribution in [0.5, 0.6) is 5.75 Å². The summed E-state index contributed by atoms with van der Waals surface area (Å²) in [6, 6.07) is 4.11. The number of alkyl carbamates (subject to hydrolysis) is 1. The lowest BCUT2D eigenvalue weighted by Crippen LogP contribution is -2.53. The topological polar surface area (TPSA) is 128 Å². The minimum Gasteiger partial charge on any atom is -0.507 e. The highest BCUT2D eigenvalue weighted by Gasteiger charge is 2.37. The molecule has 9 nitrogen and oxygen atoms in total. The van der Waals surface area contributed by atoms with Crippen LogP contribution in [-0.4, -0.2) is 57.8 Å². The number of unbranched alkanes of at least 4 members (excludes halogenated alkanes) is 2. The molecule has 0 fully saturated rings. The van der Waals surface area contributed by atoms with E-state index in [0.717, 1.165) is 24.2 Å². The van der Waals surface area contributed by atoms with Crippen molar-refractivity contribution in [1.82, 2.24) is 15.5 Å². The number of carbonyl (C=O) groups is 3. The number of benzene rings is 1. The summed E-state index contributed by atoms with van der Waals surface area (Å²) >= 11 is 0. The molecule has 0 saturated heterocycles. The third-order valence-corrected chi connectivity index (χ3v) is 4.70. The number of hydrogen-bond donors (Lipinski definition) is 4. The molecule has 0 aliphatic carbocycles. The number of rotatable bonds is 10. The van der Waals surface area contributed by atoms with E-state index in [1.54, 1.807) is 39.8 Å². The number of aliphatic hydroxyl groups is 1. The summed E-state index contributed by atoms with van der Waals surface area (Å²) in [5.74, 6) is -1.67. The SMILES string of the molecule is C#CN(C(=O)C(CO)NC(=O)OC(C)(C)C)C(C(=O)NCCCCC)c1cccc(C)c1O. The number of amides is 3. The monoisotopic (exact) mass is 461 g/mol. The van der Waals surface area contributed by atoms with Gasteiger partial charge in [-0.2, -0.15) is 0 Å². The van der Waals surface area contributed by atoms with Crippen LogP contribution in [0.3, 0.4) is 0 Å². The normalized spacial score (nSPS) is 12.8. The Labute approximate surface area is 195 Å². The molecule has 1 aromatic carbocycles. The molecular weight excluding hydrogens is 426 g/mol. The summed E-state index contributed by atoms with van der Waals surface area (Å²) in [6.45, 7) is 8.21. The summed E-state index contributed by atoms with van der Waals surface area (Å²) in [5.41, 5.74) is -0.206. The quantitative estimate of drug-likeness (QED) is 0.241. The molecule has 3 amide bonds. The van der Waals surface area contributed by atoms with Crippen LogP contribution in [0.15, 0.2) is 18.2 Å². The van der Waals surface area contributed by atoms with E-state index in [-0.39, 0.29) is 11.3 Å². The summed E-state index contributed by atoms with van der Waals surface area (Å²) in [6.07, 6.45) is 7.28. The van der Waals surface area contributed by atoms with E-state index < -0.39 is 42.2 Å². The van der Waals surface area contributed by atoms with Gasteiger partial charge in [0, 0.05) is 18.2 Å². The molecule has 4 N–H and O–H groups in total. The number of hydrogen-bond acceptors (Lipinski definition) is 6. The van der Waals surface area contributed by atoms with Gasteiger partial charge in [-0.1, -0.05) is 44.4 Å². The van der Waals surface area contributed by atoms with Crippen molar-refractivity contribution in [2.24, 2.45) is 0 Å². The molecule has 0 saturated carbocycles. The van der Waals surface area contributed by atoms with Crippen LogP contribution in [0.25, 0.3) is 0 Å². The van der Waals surface area contributed by atoms with Gasteiger partial charge in [-0.15, -0.1) is 0 Å². The summed E-state index contributed by atoms with van der Waals surface area (Å²) in [7, 11) is 0. The van der Waals surface area contributed by atoms with Crippen molar-refractivity contribution in [3.8, 4) is 18.2 Å². The molecule has 2 atom stereocenters. The first kappa shape index (κ1) is 27.8. The molecule has 0 heterocycles. The maximum atomic E-state index is 13.2. The molecule has 1 rings (SSSR count). The van der Waals surface area contributed by atoms with E-state index in [4.69, 9.17) is 11.2 Å². The van der Waals surface area contributed by atoms with Crippen molar-refractivity contribution >= 4 is 17.9 Å². The Morgan fingerprint density at radius 3 is 2.45 bits per heavy atom. The van der Waals surface area contributed by atoms with Crippen LogP contribution >= 0.6 is 0 Å². The van der Waals surface area contributed by atoms with Crippen molar-refractivity contribution in [3.05, 3.63) is 29.3 Å². The molecule has 9 heteroatoms. The lowest BCUT2D eigenvalue weighted by atomic mass is 9.99. The summed E-state index contributed by atoms with van der Waals surface area (Å²) in [4.78, 5) is 39.2. The second-order valence-corrected chi connectivity index (χ2v) is 8.63. The first-order valence-corrected chi connectivity index (χ1v) is 10.9. The van der Waals surface area contributed by atoms with E-state index in [0.29, 0.717) is 12.1 Å². The molecule has 0 spiro atoms. The Kier molecular flexibility index (Phi) is 10.7. The predicted molar refractivity (Wildman–Crippen MR) is 124 cm³/mol. The Hall–Kier alpha value is -3.25. The van der Waals surface area contributed by atoms with Gasteiger partial charge in [0.15, 0.2) is 6.04 Å². The number of carbonyl (C=O) groups excluding carboxylic acids is 3. The van der Waals surface area contributed by atoms with Crippen LogP contribution in [0.1, 0.15) is 64.1 Å². The van der Waals surface area contributed by atoms with E-state index >= 15 is 0 Å². The highest BCUT2D eigenvalue weighted by molar-refractivity contribution is 5.93. The molecular formula is C24H35N3O6. The van der Waals surface area contributed by atoms with Gasteiger partial charge in [0.05, 0.1) is 6.61 Å². The number of phenols is 1. The number of terminal acetylenes is 1. The molecule has 0 bridgehead atoms. The third kappa shape index (κ3) is 8.31. The largest absolute Gasteiger partial charge is 0.507 e. The fourth-order valence-electron chi connectivity index (χ4n) is 3.05. The fourth-order valence-corrected chi connectivity index (χ4v) is 3.05. The zero-order valence-electron chi connectivity index (χ0n) is 20.0. The van der Waals surface area contributed by atoms with Gasteiger partial charge in [0.25, 0.3) is 5.91 Å². The fraction of sp³-hybridized carbons (Fsp3) is 0.542. The number of nitrogens with one attached hydrogen (secondary N) is 2. The molecule has 2 unspecified atom stereocenters. The Morgan fingerprint density at radius 1 is 1.24 bits per heavy atom. The number of para-hydroxylation sites is 1. The molecule has 0 radical (unpaired) electrons. The van der Waals surface area contributed by atoms with E-state index in [9.17, 15) is 24.6 Å². The minimum absolute atomic E-state index is 0.128. The second-order valence-electron chi connectivity index (χ2n) is 8.63. The standard InChI is InChI=1S/C24H35N3O6/c1-7-9-10-14-25-21(30)19(17-13-11-12-16(3)20(17)29)27(8-2)22(31)18(15-28)26-23(32)33-24(4,5)6/h2,11-13,18-19,28-29H,7,9-10,14-15H2,1,3-6H3,(H,25,30)(H,26,32). The van der Waals surface area contributed by atoms with Crippen molar-refractivity contribution in [3.63, 3.8) is 0 Å². The summed E-state index contributed by atoms with van der Waals surface area (Å²) < 4.78 is 5.13. The zero-order chi connectivity index (χ0) is 25.2. The molecule has 0 aliphatic rings. The number of aromatic hydroxyl groups is 1. The average molecular weight is 462 g/mol. The Bertz CT molecular complexity index is 872. The minimum atomic E-state index is -1.46. The molecule has 33 heavy (non-hydrogen) atoms. The average Bonchev–Trinajstić information content (AvgIpc) is 2.73. The van der Waals surface area contributed by atoms with Gasteiger partial charge >= 0.3 is 6.09 Å². The van der Waals surface area contributed by atoms with Gasteiger partial charge in [0.2, 0.25) is 5.91 Å². The maximum absolute atomic E-state index is 13.2. The Morgan fingerprint density at radius 2 is 1.91 bits per heavy atom. The highest BCUT2D eigenvalue weighted by Crippen LogP contribution is 2.31. The van der Waals surface area contributed by atoms with E-state index in [2.05, 4.69) is 16.7 Å². The van der Waals surface area contributed by atoms with Crippen LogP contribution in [0, 0.1) is 19.4 Å². The van der Waals surface area contributed by atoms with Crippen molar-refractivity contribution < 1.29 is 29.3 Å². The highest BCUT2D eigenvalue weighted by atomic mass is 16.6. The second kappa shape index (κ2) is 12.7. The van der Waals surface area contributed by atoms with E-state index in [1.807, 2.05) is 6.92 Å². The van der Waals surface area contributed by atoms with E-state index in [1.165, 1.54) is 6.07 Å². The predicted octanol–water partition coefficient (Wildman–Crippen LogP) is 2.35. The number of ether oxygens (including phenoxy) is 1. The molecule has 182 valence electrons. The van der Waals surface area contributed by atoms with Crippen LogP contribution < -0.4 is 10.6 Å². The molecule has 0 aliphatic heterocycles. The lowest BCUT2D eigenvalue weighted by molar-refractivity contribution is -0.139. The van der Waals surface area contributed by atoms with Crippen LogP contribution in [0.4, 0.5) is 4.79 Å². The van der Waals surface area contributed by atoms with Crippen LogP contribution in [0.2, 0.25) is 0 Å². The molecule has 0 aromatic heterocycles. The van der Waals surface area contributed by atoms with Gasteiger partial charge in [0.1, 0.15) is 17.4 Å². The lowest BCUT2D eigenvalue weighted by Gasteiger charge is -2.30. The van der Waals surface area contributed by atoms with Crippen molar-refractivity contribution in [2.75, 3.05) is 13.2 Å². The third-order valence-electron chi connectivity index (χ3n) is 4.70. The van der Waals surface area contributed by atoms with Crippen LogP contribution in [-0.2, 0) is 14.3 Å². The van der Waals surface area contributed by atoms with Crippen molar-refractivity contribution in [1.29, 1.82) is 0 Å². The first-order valence-electron chi connectivity index (χ1n) is 10.9. The van der Waals surface area contributed by atoms with Gasteiger partial charge < -0.3 is 25.6 Å². The first-order chi connectivity index (χ1) is 15.5. The Balaban J connectivity index is 3.28. The number of aryl methyl sites for hydroxylation is 1. The maximum Gasteiger partial charge on any atom is 0.408 e. The number of phenolic OH excluding ortho intramolecular Hbond substituents is 1. The number of nitrogens with zero attached hydrogens (tertiary/aromatic N) is 1. The summed E-state index contributed by atoms with van der Waals surface area (Å²) in [5, 5.41) is 25.4. The van der Waals surface area contributed by atoms with Gasteiger partial charge in [-0.3, -0.25) is 14.5 Å². The number of aliphatic hydroxyl groups excluding tert-OH is 1. The van der Waals surface area contributed by atoms with Crippen molar-refractivity contribution in [2.45, 2.75) is 71.6 Å². The molecule has 1 aromatic rings. The van der Waals surface area contributed by atoms with Gasteiger partial charge in [-0.05, 0) is 39.7 Å². The van der Waals surface area contributed by atoms with Gasteiger partial charge in [-0.25, -0.2) is 4.79 Å².